The van der Waals surface area contributed by atoms with Gasteiger partial charge >= 0.3 is 0 Å². The summed E-state index contributed by atoms with van der Waals surface area (Å²) in [5.41, 5.74) is 5.71. The Morgan fingerprint density at radius 2 is 2.17 bits per heavy atom. The molecule has 2 fully saturated rings. The number of piperidine rings is 1. The lowest BCUT2D eigenvalue weighted by molar-refractivity contribution is -0.139. The summed E-state index contributed by atoms with van der Waals surface area (Å²) in [5.74, 6) is 0.0437. The zero-order chi connectivity index (χ0) is 12.4. The van der Waals surface area contributed by atoms with Gasteiger partial charge in [0.05, 0.1) is 5.92 Å². The van der Waals surface area contributed by atoms with Gasteiger partial charge in [-0.15, -0.1) is 12.4 Å². The summed E-state index contributed by atoms with van der Waals surface area (Å²) >= 11 is 0. The predicted octanol–water partition coefficient (Wildman–Crippen LogP) is 0.226. The normalized spacial score (nSPS) is 28.2. The van der Waals surface area contributed by atoms with Crippen LogP contribution in [0, 0.1) is 5.92 Å². The molecule has 2 N–H and O–H groups in total. The van der Waals surface area contributed by atoms with Crippen molar-refractivity contribution in [3.63, 3.8) is 0 Å². The van der Waals surface area contributed by atoms with Crippen molar-refractivity contribution < 1.29 is 9.59 Å². The first-order valence-electron chi connectivity index (χ1n) is 6.38. The average molecular weight is 276 g/mol. The average Bonchev–Trinajstić information content (AvgIpc) is 2.68. The minimum absolute atomic E-state index is 0. The molecule has 0 saturated carbocycles. The third-order valence-corrected chi connectivity index (χ3v) is 3.87. The van der Waals surface area contributed by atoms with E-state index < -0.39 is 0 Å². The molecule has 0 radical (unpaired) electrons. The molecular formula is C12H22ClN3O2. The Morgan fingerprint density at radius 1 is 1.44 bits per heavy atom. The van der Waals surface area contributed by atoms with Crippen LogP contribution in [0.5, 0.6) is 0 Å². The van der Waals surface area contributed by atoms with E-state index in [-0.39, 0.29) is 36.2 Å². The van der Waals surface area contributed by atoms with Gasteiger partial charge in [0.15, 0.2) is 0 Å². The van der Waals surface area contributed by atoms with Crippen molar-refractivity contribution in [3.8, 4) is 0 Å². The molecule has 2 atom stereocenters. The molecule has 0 aromatic carbocycles. The highest BCUT2D eigenvalue weighted by atomic mass is 35.5. The van der Waals surface area contributed by atoms with Gasteiger partial charge in [-0.05, 0) is 19.3 Å². The molecule has 2 saturated heterocycles. The van der Waals surface area contributed by atoms with E-state index in [9.17, 15) is 9.59 Å². The lowest BCUT2D eigenvalue weighted by Crippen LogP contribution is -2.49. The Balaban J connectivity index is 0.00000162. The van der Waals surface area contributed by atoms with E-state index in [0.717, 1.165) is 25.8 Å². The number of nitrogens with two attached hydrogens (primary N) is 1. The summed E-state index contributed by atoms with van der Waals surface area (Å²) in [6.07, 6.45) is 3.57. The minimum atomic E-state index is -0.153. The number of hydrogen-bond donors (Lipinski definition) is 1. The third-order valence-electron chi connectivity index (χ3n) is 3.87. The van der Waals surface area contributed by atoms with Crippen LogP contribution >= 0.6 is 12.4 Å². The van der Waals surface area contributed by atoms with Crippen molar-refractivity contribution in [3.05, 3.63) is 0 Å². The molecule has 0 bridgehead atoms. The van der Waals surface area contributed by atoms with Crippen molar-refractivity contribution in [2.24, 2.45) is 11.7 Å². The monoisotopic (exact) mass is 275 g/mol. The Kier molecular flexibility index (Phi) is 5.41. The number of carbonyl (C=O) groups is 2. The van der Waals surface area contributed by atoms with Gasteiger partial charge < -0.3 is 15.5 Å². The second-order valence-electron chi connectivity index (χ2n) is 5.09. The first kappa shape index (κ1) is 15.2. The van der Waals surface area contributed by atoms with Gasteiger partial charge in [0.2, 0.25) is 11.8 Å². The van der Waals surface area contributed by atoms with Gasteiger partial charge in [-0.2, -0.15) is 0 Å². The predicted molar refractivity (Wildman–Crippen MR) is 71.4 cm³/mol. The highest BCUT2D eigenvalue weighted by Gasteiger charge is 2.37. The zero-order valence-corrected chi connectivity index (χ0v) is 11.6. The van der Waals surface area contributed by atoms with Crippen LogP contribution in [0.2, 0.25) is 0 Å². The number of hydrogen-bond acceptors (Lipinski definition) is 3. The molecule has 0 aromatic heterocycles. The third kappa shape index (κ3) is 2.95. The fourth-order valence-electron chi connectivity index (χ4n) is 2.80. The first-order chi connectivity index (χ1) is 8.13. The molecule has 2 amide bonds. The van der Waals surface area contributed by atoms with Crippen molar-refractivity contribution in [1.29, 1.82) is 0 Å². The number of amides is 2. The maximum atomic E-state index is 12.4. The van der Waals surface area contributed by atoms with Crippen molar-refractivity contribution in [2.75, 3.05) is 26.7 Å². The lowest BCUT2D eigenvalue weighted by atomic mass is 9.98. The lowest BCUT2D eigenvalue weighted by Gasteiger charge is -2.36. The Labute approximate surface area is 114 Å². The van der Waals surface area contributed by atoms with Gasteiger partial charge in [0.1, 0.15) is 0 Å². The second kappa shape index (κ2) is 6.38. The zero-order valence-electron chi connectivity index (χ0n) is 10.8. The largest absolute Gasteiger partial charge is 0.345 e. The number of rotatable bonds is 2. The maximum absolute atomic E-state index is 12.4. The number of halogens is 1. The van der Waals surface area contributed by atoms with Crippen molar-refractivity contribution >= 4 is 24.2 Å². The Morgan fingerprint density at radius 3 is 2.72 bits per heavy atom. The summed E-state index contributed by atoms with van der Waals surface area (Å²) in [6, 6.07) is 0.178. The molecule has 0 aliphatic carbocycles. The van der Waals surface area contributed by atoms with Crippen LogP contribution < -0.4 is 5.73 Å². The maximum Gasteiger partial charge on any atom is 0.228 e. The van der Waals surface area contributed by atoms with E-state index in [1.54, 1.807) is 11.9 Å². The van der Waals surface area contributed by atoms with Gasteiger partial charge in [-0.25, -0.2) is 0 Å². The van der Waals surface area contributed by atoms with E-state index >= 15 is 0 Å². The molecule has 5 nitrogen and oxygen atoms in total. The number of nitrogens with zero attached hydrogens (tertiary/aromatic N) is 2. The molecule has 0 aromatic rings. The fourth-order valence-corrected chi connectivity index (χ4v) is 2.80. The molecular weight excluding hydrogens is 254 g/mol. The van der Waals surface area contributed by atoms with Gasteiger partial charge in [0.25, 0.3) is 0 Å². The molecule has 2 aliphatic rings. The van der Waals surface area contributed by atoms with Gasteiger partial charge in [-0.1, -0.05) is 0 Å². The first-order valence-corrected chi connectivity index (χ1v) is 6.38. The Bertz CT molecular complexity index is 324. The van der Waals surface area contributed by atoms with Crippen LogP contribution in [-0.4, -0.2) is 54.3 Å². The highest BCUT2D eigenvalue weighted by molar-refractivity contribution is 5.89. The van der Waals surface area contributed by atoms with Gasteiger partial charge in [0, 0.05) is 39.1 Å². The molecule has 6 heteroatoms. The molecule has 2 heterocycles. The SMILES string of the molecule is CN1CC(C(=O)N2CCCCC2CN)CC1=O.Cl. The van der Waals surface area contributed by atoms with E-state index in [1.165, 1.54) is 0 Å². The molecule has 2 rings (SSSR count). The van der Waals surface area contributed by atoms with E-state index in [2.05, 4.69) is 0 Å². The minimum Gasteiger partial charge on any atom is -0.345 e. The summed E-state index contributed by atoms with van der Waals surface area (Å²) in [7, 11) is 1.76. The van der Waals surface area contributed by atoms with Crippen LogP contribution in [0.3, 0.4) is 0 Å². The molecule has 104 valence electrons. The topological polar surface area (TPSA) is 66.6 Å². The molecule has 2 aliphatic heterocycles. The standard InChI is InChI=1S/C12H21N3O2.ClH/c1-14-8-9(6-11(14)16)12(17)15-5-3-2-4-10(15)7-13;/h9-10H,2-8,13H2,1H3;1H. The Hall–Kier alpha value is -0.810. The smallest absolute Gasteiger partial charge is 0.228 e. The summed E-state index contributed by atoms with van der Waals surface area (Å²) in [6.45, 7) is 1.89. The van der Waals surface area contributed by atoms with Gasteiger partial charge in [-0.3, -0.25) is 9.59 Å². The van der Waals surface area contributed by atoms with E-state index in [1.807, 2.05) is 4.90 Å². The summed E-state index contributed by atoms with van der Waals surface area (Å²) in [4.78, 5) is 27.4. The fraction of sp³-hybridized carbons (Fsp3) is 0.833. The number of carbonyl (C=O) groups excluding carboxylic acids is 2. The quantitative estimate of drug-likeness (QED) is 0.784. The summed E-state index contributed by atoms with van der Waals surface area (Å²) < 4.78 is 0. The van der Waals surface area contributed by atoms with Crippen LogP contribution in [0.4, 0.5) is 0 Å². The van der Waals surface area contributed by atoms with Crippen LogP contribution in [0.1, 0.15) is 25.7 Å². The highest BCUT2D eigenvalue weighted by Crippen LogP contribution is 2.23. The molecule has 18 heavy (non-hydrogen) atoms. The van der Waals surface area contributed by atoms with Crippen LogP contribution in [0.25, 0.3) is 0 Å². The van der Waals surface area contributed by atoms with Crippen molar-refractivity contribution in [2.45, 2.75) is 31.7 Å². The van der Waals surface area contributed by atoms with Crippen molar-refractivity contribution in [1.82, 2.24) is 9.80 Å². The second-order valence-corrected chi connectivity index (χ2v) is 5.09. The molecule has 0 spiro atoms. The number of likely N-dealkylation sites (tertiary alicyclic amines) is 2. The summed E-state index contributed by atoms with van der Waals surface area (Å²) in [5, 5.41) is 0. The molecule has 2 unspecified atom stereocenters. The van der Waals surface area contributed by atoms with Crippen LogP contribution in [0.15, 0.2) is 0 Å². The van der Waals surface area contributed by atoms with Crippen LogP contribution in [-0.2, 0) is 9.59 Å². The van der Waals surface area contributed by atoms with E-state index in [0.29, 0.717) is 19.5 Å². The van der Waals surface area contributed by atoms with E-state index in [4.69, 9.17) is 5.73 Å².